The van der Waals surface area contributed by atoms with Crippen LogP contribution in [0.15, 0.2) is 83.7 Å². The average molecular weight is 474 g/mol. The fraction of sp³-hybridized carbons (Fsp3) is 0.250. The van der Waals surface area contributed by atoms with Crippen LogP contribution in [0.4, 0.5) is 0 Å². The van der Waals surface area contributed by atoms with Gasteiger partial charge in [-0.25, -0.2) is 4.98 Å². The van der Waals surface area contributed by atoms with Gasteiger partial charge in [-0.05, 0) is 54.8 Å². The van der Waals surface area contributed by atoms with Crippen molar-refractivity contribution >= 4 is 28.4 Å². The topological polar surface area (TPSA) is 55.2 Å². The van der Waals surface area contributed by atoms with Crippen molar-refractivity contribution in [3.63, 3.8) is 0 Å². The number of hydrogen-bond donors (Lipinski definition) is 0. The monoisotopic (exact) mass is 473 g/mol. The maximum Gasteiger partial charge on any atom is 0.261 e. The molecular formula is C28H28ClN3O2. The standard InChI is InChI=1S/C28H28ClN3O2/c1-3-18-31(27(33)21-14-16-22(29)17-15-21)25(4-2)26-30-24-13-9-8-12-23(24)28(34)32(26)19-20-10-6-5-7-11-20/h5-17,25H,3-4,18-19H2,1-2H3. The zero-order valence-corrected chi connectivity index (χ0v) is 20.2. The van der Waals surface area contributed by atoms with Crippen LogP contribution in [0.3, 0.4) is 0 Å². The Morgan fingerprint density at radius 2 is 1.65 bits per heavy atom. The lowest BCUT2D eigenvalue weighted by atomic mass is 10.1. The molecule has 0 N–H and O–H groups in total. The molecule has 1 aromatic heterocycles. The van der Waals surface area contributed by atoms with E-state index in [0.717, 1.165) is 12.0 Å². The lowest BCUT2D eigenvalue weighted by Gasteiger charge is -2.32. The molecule has 4 aromatic rings. The zero-order chi connectivity index (χ0) is 24.1. The van der Waals surface area contributed by atoms with Gasteiger partial charge in [0.25, 0.3) is 11.5 Å². The third-order valence-electron chi connectivity index (χ3n) is 5.95. The third-order valence-corrected chi connectivity index (χ3v) is 6.20. The molecule has 0 bridgehead atoms. The first kappa shape index (κ1) is 23.7. The van der Waals surface area contributed by atoms with Crippen LogP contribution >= 0.6 is 11.6 Å². The number of halogens is 1. The molecule has 6 heteroatoms. The molecule has 34 heavy (non-hydrogen) atoms. The number of carbonyl (C=O) groups excluding carboxylic acids is 1. The molecule has 0 saturated heterocycles. The maximum atomic E-state index is 13.6. The van der Waals surface area contributed by atoms with Gasteiger partial charge in [-0.3, -0.25) is 14.2 Å². The van der Waals surface area contributed by atoms with Crippen molar-refractivity contribution < 1.29 is 4.79 Å². The summed E-state index contributed by atoms with van der Waals surface area (Å²) in [5, 5.41) is 1.15. The molecule has 0 saturated carbocycles. The van der Waals surface area contributed by atoms with E-state index in [1.54, 1.807) is 34.9 Å². The molecule has 0 aliphatic carbocycles. The Labute approximate surface area is 204 Å². The second-order valence-corrected chi connectivity index (χ2v) is 8.73. The van der Waals surface area contributed by atoms with E-state index >= 15 is 0 Å². The summed E-state index contributed by atoms with van der Waals surface area (Å²) in [5.41, 5.74) is 2.11. The predicted molar refractivity (Wildman–Crippen MR) is 137 cm³/mol. The first-order valence-electron chi connectivity index (χ1n) is 11.6. The molecule has 3 aromatic carbocycles. The lowest BCUT2D eigenvalue weighted by molar-refractivity contribution is 0.0657. The smallest absolute Gasteiger partial charge is 0.261 e. The molecule has 0 fully saturated rings. The second-order valence-electron chi connectivity index (χ2n) is 8.29. The number of nitrogens with zero attached hydrogens (tertiary/aromatic N) is 3. The van der Waals surface area contributed by atoms with E-state index in [4.69, 9.17) is 16.6 Å². The zero-order valence-electron chi connectivity index (χ0n) is 19.4. The Bertz CT molecular complexity index is 1330. The highest BCUT2D eigenvalue weighted by molar-refractivity contribution is 6.30. The number of fused-ring (bicyclic) bond motifs is 1. The van der Waals surface area contributed by atoms with E-state index in [1.807, 2.05) is 67.3 Å². The normalized spacial score (nSPS) is 12.0. The van der Waals surface area contributed by atoms with E-state index in [2.05, 4.69) is 0 Å². The SMILES string of the molecule is CCCN(C(=O)c1ccc(Cl)cc1)C(CC)c1nc2ccccc2c(=O)n1Cc1ccccc1. The largest absolute Gasteiger partial charge is 0.328 e. The van der Waals surface area contributed by atoms with Crippen LogP contribution in [0.2, 0.25) is 5.02 Å². The molecule has 1 atom stereocenters. The van der Waals surface area contributed by atoms with Gasteiger partial charge in [-0.2, -0.15) is 0 Å². The van der Waals surface area contributed by atoms with Crippen LogP contribution in [-0.2, 0) is 6.54 Å². The molecule has 0 aliphatic heterocycles. The highest BCUT2D eigenvalue weighted by Crippen LogP contribution is 2.27. The summed E-state index contributed by atoms with van der Waals surface area (Å²) in [4.78, 5) is 34.0. The molecule has 1 unspecified atom stereocenters. The van der Waals surface area contributed by atoms with E-state index in [1.165, 1.54) is 0 Å². The van der Waals surface area contributed by atoms with Crippen molar-refractivity contribution in [2.45, 2.75) is 39.3 Å². The molecule has 0 radical (unpaired) electrons. The number of carbonyl (C=O) groups is 1. The van der Waals surface area contributed by atoms with E-state index < -0.39 is 0 Å². The highest BCUT2D eigenvalue weighted by atomic mass is 35.5. The van der Waals surface area contributed by atoms with Crippen LogP contribution < -0.4 is 5.56 Å². The minimum Gasteiger partial charge on any atom is -0.328 e. The Hall–Kier alpha value is -3.44. The number of para-hydroxylation sites is 1. The second kappa shape index (κ2) is 10.7. The number of hydrogen-bond acceptors (Lipinski definition) is 3. The number of benzene rings is 3. The summed E-state index contributed by atoms with van der Waals surface area (Å²) in [6, 6.07) is 23.8. The van der Waals surface area contributed by atoms with Gasteiger partial charge in [0.2, 0.25) is 0 Å². The van der Waals surface area contributed by atoms with Crippen molar-refractivity contribution in [1.29, 1.82) is 0 Å². The van der Waals surface area contributed by atoms with Gasteiger partial charge in [-0.15, -0.1) is 0 Å². The van der Waals surface area contributed by atoms with Gasteiger partial charge in [0, 0.05) is 17.1 Å². The van der Waals surface area contributed by atoms with Gasteiger partial charge in [0.05, 0.1) is 23.5 Å². The van der Waals surface area contributed by atoms with Crippen molar-refractivity contribution in [3.05, 3.63) is 111 Å². The summed E-state index contributed by atoms with van der Waals surface area (Å²) < 4.78 is 1.73. The van der Waals surface area contributed by atoms with Gasteiger partial charge in [-0.1, -0.05) is 67.9 Å². The predicted octanol–water partition coefficient (Wildman–Crippen LogP) is 6.10. The van der Waals surface area contributed by atoms with Crippen molar-refractivity contribution in [2.75, 3.05) is 6.54 Å². The minimum atomic E-state index is -0.357. The fourth-order valence-electron chi connectivity index (χ4n) is 4.30. The summed E-state index contributed by atoms with van der Waals surface area (Å²) in [6.07, 6.45) is 1.41. The Kier molecular flexibility index (Phi) is 7.43. The molecule has 1 amide bonds. The summed E-state index contributed by atoms with van der Waals surface area (Å²) in [5.74, 6) is 0.504. The van der Waals surface area contributed by atoms with E-state index in [-0.39, 0.29) is 17.5 Å². The molecular weight excluding hydrogens is 446 g/mol. The van der Waals surface area contributed by atoms with Crippen LogP contribution in [0, 0.1) is 0 Å². The lowest BCUT2D eigenvalue weighted by Crippen LogP contribution is -2.39. The average Bonchev–Trinajstić information content (AvgIpc) is 2.87. The molecule has 1 heterocycles. The fourth-order valence-corrected chi connectivity index (χ4v) is 4.42. The molecule has 174 valence electrons. The maximum absolute atomic E-state index is 13.6. The summed E-state index contributed by atoms with van der Waals surface area (Å²) >= 11 is 6.04. The molecule has 4 rings (SSSR count). The van der Waals surface area contributed by atoms with Crippen molar-refractivity contribution in [1.82, 2.24) is 14.5 Å². The molecule has 0 aliphatic rings. The third kappa shape index (κ3) is 4.90. The highest BCUT2D eigenvalue weighted by Gasteiger charge is 2.29. The first-order valence-corrected chi connectivity index (χ1v) is 12.0. The Balaban J connectivity index is 1.87. The summed E-state index contributed by atoms with van der Waals surface area (Å²) in [6.45, 7) is 5.00. The van der Waals surface area contributed by atoms with Crippen LogP contribution in [0.25, 0.3) is 10.9 Å². The Morgan fingerprint density at radius 3 is 2.32 bits per heavy atom. The number of rotatable bonds is 8. The van der Waals surface area contributed by atoms with E-state index in [9.17, 15) is 9.59 Å². The number of aromatic nitrogens is 2. The molecule has 5 nitrogen and oxygen atoms in total. The van der Waals surface area contributed by atoms with Gasteiger partial charge in [0.15, 0.2) is 0 Å². The molecule has 0 spiro atoms. The minimum absolute atomic E-state index is 0.0981. The van der Waals surface area contributed by atoms with Crippen molar-refractivity contribution in [3.8, 4) is 0 Å². The van der Waals surface area contributed by atoms with Crippen LogP contribution in [0.5, 0.6) is 0 Å². The van der Waals surface area contributed by atoms with Gasteiger partial charge < -0.3 is 4.90 Å². The van der Waals surface area contributed by atoms with Gasteiger partial charge >= 0.3 is 0 Å². The quantitative estimate of drug-likeness (QED) is 0.310. The first-order chi connectivity index (χ1) is 16.5. The van der Waals surface area contributed by atoms with E-state index in [0.29, 0.717) is 46.8 Å². The van der Waals surface area contributed by atoms with Crippen molar-refractivity contribution in [2.24, 2.45) is 0 Å². The van der Waals surface area contributed by atoms with Gasteiger partial charge in [0.1, 0.15) is 5.82 Å². The Morgan fingerprint density at radius 1 is 0.971 bits per heavy atom. The summed E-state index contributed by atoms with van der Waals surface area (Å²) in [7, 11) is 0. The van der Waals surface area contributed by atoms with Crippen LogP contribution in [0.1, 0.15) is 54.5 Å². The van der Waals surface area contributed by atoms with Crippen LogP contribution in [-0.4, -0.2) is 26.9 Å². The number of amides is 1.